The summed E-state index contributed by atoms with van der Waals surface area (Å²) in [5.41, 5.74) is -0.787. The van der Waals surface area contributed by atoms with E-state index in [4.69, 9.17) is 0 Å². The summed E-state index contributed by atoms with van der Waals surface area (Å²) in [6, 6.07) is 0. The van der Waals surface area contributed by atoms with E-state index in [9.17, 15) is 18.4 Å². The molecule has 0 saturated carbocycles. The molecule has 11 heavy (non-hydrogen) atoms. The predicted octanol–water partition coefficient (Wildman–Crippen LogP) is 1.53. The van der Waals surface area contributed by atoms with Crippen molar-refractivity contribution < 1.29 is 18.4 Å². The first-order valence-corrected chi connectivity index (χ1v) is 2.96. The monoisotopic (exact) mass is 182 g/mol. The minimum absolute atomic E-state index is 0.787. The lowest BCUT2D eigenvalue weighted by Crippen LogP contribution is -2.25. The average Bonchev–Trinajstić information content (AvgIpc) is 1.82. The van der Waals surface area contributed by atoms with Crippen molar-refractivity contribution >= 4 is 23.2 Å². The maximum Gasteiger partial charge on any atom is 0.385 e. The van der Waals surface area contributed by atoms with Crippen LogP contribution in [0.15, 0.2) is 12.2 Å². The molecule has 0 atom stereocenters. The fourth-order valence-corrected chi connectivity index (χ4v) is 0.445. The Kier molecular flexibility index (Phi) is 2.87. The molecule has 62 valence electrons. The SMILES string of the molecule is C=C(C(C)=O)C(=O)C(F)(F)Cl. The number of rotatable bonds is 3. The van der Waals surface area contributed by atoms with E-state index in [2.05, 4.69) is 18.2 Å². The van der Waals surface area contributed by atoms with Gasteiger partial charge in [-0.2, -0.15) is 8.78 Å². The van der Waals surface area contributed by atoms with Gasteiger partial charge in [-0.3, -0.25) is 9.59 Å². The third-order valence-electron chi connectivity index (χ3n) is 0.957. The van der Waals surface area contributed by atoms with E-state index in [1.807, 2.05) is 0 Å². The molecule has 0 bridgehead atoms. The molecular formula is C6H5ClF2O2. The smallest absolute Gasteiger partial charge is 0.294 e. The zero-order valence-electron chi connectivity index (χ0n) is 5.66. The minimum atomic E-state index is -4.03. The highest BCUT2D eigenvalue weighted by Crippen LogP contribution is 2.23. The minimum Gasteiger partial charge on any atom is -0.294 e. The highest BCUT2D eigenvalue weighted by Gasteiger charge is 2.38. The molecule has 0 rings (SSSR count). The van der Waals surface area contributed by atoms with E-state index in [0.717, 1.165) is 6.92 Å². The lowest BCUT2D eigenvalue weighted by atomic mass is 10.1. The Balaban J connectivity index is 4.53. The molecule has 5 heteroatoms. The zero-order chi connectivity index (χ0) is 9.23. The molecule has 0 aromatic carbocycles. The van der Waals surface area contributed by atoms with E-state index in [-0.39, 0.29) is 0 Å². The molecule has 0 aliphatic carbocycles. The summed E-state index contributed by atoms with van der Waals surface area (Å²) in [7, 11) is 0. The van der Waals surface area contributed by atoms with Crippen LogP contribution in [0.3, 0.4) is 0 Å². The van der Waals surface area contributed by atoms with Gasteiger partial charge in [0.25, 0.3) is 5.78 Å². The van der Waals surface area contributed by atoms with Crippen LogP contribution in [0.4, 0.5) is 8.78 Å². The van der Waals surface area contributed by atoms with Crippen LogP contribution in [0.5, 0.6) is 0 Å². The summed E-state index contributed by atoms with van der Waals surface area (Å²) in [6.07, 6.45) is 0. The second-order valence-corrected chi connectivity index (χ2v) is 2.34. The normalized spacial score (nSPS) is 10.9. The largest absolute Gasteiger partial charge is 0.385 e. The molecule has 0 spiro atoms. The van der Waals surface area contributed by atoms with Gasteiger partial charge in [0.1, 0.15) is 0 Å². The molecule has 0 N–H and O–H groups in total. The van der Waals surface area contributed by atoms with E-state index < -0.39 is 22.5 Å². The molecule has 0 heterocycles. The van der Waals surface area contributed by atoms with Crippen molar-refractivity contribution in [2.24, 2.45) is 0 Å². The van der Waals surface area contributed by atoms with Crippen molar-refractivity contribution in [2.45, 2.75) is 12.3 Å². The van der Waals surface area contributed by atoms with Gasteiger partial charge in [-0.25, -0.2) is 0 Å². The molecule has 0 unspecified atom stereocenters. The number of carbonyl (C=O) groups excluding carboxylic acids is 2. The summed E-state index contributed by atoms with van der Waals surface area (Å²) in [4.78, 5) is 20.7. The summed E-state index contributed by atoms with van der Waals surface area (Å²) in [6.45, 7) is 3.82. The first kappa shape index (κ1) is 10.2. The number of allylic oxidation sites excluding steroid dienone is 1. The van der Waals surface area contributed by atoms with Crippen LogP contribution in [0.1, 0.15) is 6.92 Å². The Morgan fingerprint density at radius 3 is 1.91 bits per heavy atom. The second-order valence-electron chi connectivity index (χ2n) is 1.86. The van der Waals surface area contributed by atoms with Crippen molar-refractivity contribution in [2.75, 3.05) is 0 Å². The molecule has 0 fully saturated rings. The van der Waals surface area contributed by atoms with Gasteiger partial charge in [-0.05, 0) is 18.5 Å². The van der Waals surface area contributed by atoms with Crippen molar-refractivity contribution in [3.63, 3.8) is 0 Å². The average molecular weight is 183 g/mol. The number of ketones is 2. The van der Waals surface area contributed by atoms with Gasteiger partial charge >= 0.3 is 5.38 Å². The van der Waals surface area contributed by atoms with Crippen LogP contribution in [-0.2, 0) is 9.59 Å². The molecule has 0 saturated heterocycles. The summed E-state index contributed by atoms with van der Waals surface area (Å²) in [5.74, 6) is -2.55. The predicted molar refractivity (Wildman–Crippen MR) is 35.6 cm³/mol. The summed E-state index contributed by atoms with van der Waals surface area (Å²) in [5, 5.41) is -4.03. The molecule has 0 amide bonds. The van der Waals surface area contributed by atoms with Crippen LogP contribution in [0.2, 0.25) is 0 Å². The van der Waals surface area contributed by atoms with Crippen molar-refractivity contribution in [3.8, 4) is 0 Å². The van der Waals surface area contributed by atoms with Crippen molar-refractivity contribution in [3.05, 3.63) is 12.2 Å². The van der Waals surface area contributed by atoms with Crippen LogP contribution in [-0.4, -0.2) is 16.9 Å². The number of halogens is 3. The van der Waals surface area contributed by atoms with Crippen molar-refractivity contribution in [1.82, 2.24) is 0 Å². The quantitative estimate of drug-likeness (QED) is 0.287. The third-order valence-corrected chi connectivity index (χ3v) is 1.13. The molecule has 0 radical (unpaired) electrons. The lowest BCUT2D eigenvalue weighted by molar-refractivity contribution is -0.131. The van der Waals surface area contributed by atoms with E-state index in [0.29, 0.717) is 0 Å². The molecule has 2 nitrogen and oxygen atoms in total. The van der Waals surface area contributed by atoms with Crippen LogP contribution < -0.4 is 0 Å². The number of hydrogen-bond donors (Lipinski definition) is 0. The second kappa shape index (κ2) is 3.09. The number of hydrogen-bond acceptors (Lipinski definition) is 2. The number of carbonyl (C=O) groups is 2. The fourth-order valence-electron chi connectivity index (χ4n) is 0.331. The molecule has 0 aromatic heterocycles. The first-order chi connectivity index (χ1) is 4.76. The molecule has 0 aliphatic rings. The third kappa shape index (κ3) is 2.76. The van der Waals surface area contributed by atoms with E-state index >= 15 is 0 Å². The Hall–Kier alpha value is -0.770. The summed E-state index contributed by atoms with van der Waals surface area (Å²) >= 11 is 4.33. The molecule has 0 aromatic rings. The van der Waals surface area contributed by atoms with Gasteiger partial charge in [-0.1, -0.05) is 6.58 Å². The van der Waals surface area contributed by atoms with Gasteiger partial charge in [0, 0.05) is 0 Å². The lowest BCUT2D eigenvalue weighted by Gasteiger charge is -2.05. The van der Waals surface area contributed by atoms with Gasteiger partial charge < -0.3 is 0 Å². The first-order valence-electron chi connectivity index (χ1n) is 2.58. The van der Waals surface area contributed by atoms with Gasteiger partial charge in [0.05, 0.1) is 5.57 Å². The van der Waals surface area contributed by atoms with Gasteiger partial charge in [-0.15, -0.1) is 0 Å². The molecule has 0 aliphatic heterocycles. The van der Waals surface area contributed by atoms with Gasteiger partial charge in [0.15, 0.2) is 5.78 Å². The Labute approximate surface area is 66.8 Å². The van der Waals surface area contributed by atoms with Crippen LogP contribution >= 0.6 is 11.6 Å². The fraction of sp³-hybridized carbons (Fsp3) is 0.333. The van der Waals surface area contributed by atoms with Gasteiger partial charge in [0.2, 0.25) is 0 Å². The van der Waals surface area contributed by atoms with Crippen molar-refractivity contribution in [1.29, 1.82) is 0 Å². The number of Topliss-reactive ketones (excluding diaryl/α,β-unsaturated/α-hetero) is 2. The number of alkyl halides is 3. The Bertz CT molecular complexity index is 217. The van der Waals surface area contributed by atoms with Crippen LogP contribution in [0, 0.1) is 0 Å². The topological polar surface area (TPSA) is 34.1 Å². The van der Waals surface area contributed by atoms with E-state index in [1.54, 1.807) is 0 Å². The maximum absolute atomic E-state index is 11.9. The van der Waals surface area contributed by atoms with E-state index in [1.165, 1.54) is 0 Å². The Morgan fingerprint density at radius 1 is 1.45 bits per heavy atom. The Morgan fingerprint density at radius 2 is 1.82 bits per heavy atom. The zero-order valence-corrected chi connectivity index (χ0v) is 6.41. The maximum atomic E-state index is 11.9. The highest BCUT2D eigenvalue weighted by atomic mass is 35.5. The van der Waals surface area contributed by atoms with Crippen LogP contribution in [0.25, 0.3) is 0 Å². The molecular weight excluding hydrogens is 178 g/mol. The highest BCUT2D eigenvalue weighted by molar-refractivity contribution is 6.39. The standard InChI is InChI=1S/C6H5ClF2O2/c1-3(4(2)10)5(11)6(7,8)9/h1H2,2H3. The summed E-state index contributed by atoms with van der Waals surface area (Å²) < 4.78 is 23.9.